The Kier molecular flexibility index (Phi) is 3.45. The van der Waals surface area contributed by atoms with Gasteiger partial charge in [-0.25, -0.2) is 0 Å². The highest BCUT2D eigenvalue weighted by molar-refractivity contribution is 4.82. The van der Waals surface area contributed by atoms with Crippen LogP contribution in [0.3, 0.4) is 0 Å². The Bertz CT molecular complexity index is 177. The van der Waals surface area contributed by atoms with Crippen molar-refractivity contribution in [2.75, 3.05) is 19.6 Å². The summed E-state index contributed by atoms with van der Waals surface area (Å²) in [5.74, 6) is 1.74. The molecular formula is C12H23NO. The second kappa shape index (κ2) is 4.63. The lowest BCUT2D eigenvalue weighted by atomic mass is 9.85. The molecule has 2 unspecified atom stereocenters. The van der Waals surface area contributed by atoms with Gasteiger partial charge in [0.05, 0.1) is 6.10 Å². The van der Waals surface area contributed by atoms with Crippen LogP contribution in [0.4, 0.5) is 0 Å². The van der Waals surface area contributed by atoms with Gasteiger partial charge in [-0.1, -0.05) is 19.8 Å². The van der Waals surface area contributed by atoms with E-state index in [1.807, 2.05) is 0 Å². The van der Waals surface area contributed by atoms with Crippen LogP contribution in [0.2, 0.25) is 0 Å². The van der Waals surface area contributed by atoms with Gasteiger partial charge in [0.1, 0.15) is 0 Å². The van der Waals surface area contributed by atoms with Crippen molar-refractivity contribution in [3.8, 4) is 0 Å². The lowest BCUT2D eigenvalue weighted by Gasteiger charge is -2.42. The van der Waals surface area contributed by atoms with Gasteiger partial charge < -0.3 is 10.0 Å². The fourth-order valence-electron chi connectivity index (χ4n) is 2.88. The average molecular weight is 197 g/mol. The van der Waals surface area contributed by atoms with Gasteiger partial charge in [0, 0.05) is 19.6 Å². The largest absolute Gasteiger partial charge is 0.393 e. The fraction of sp³-hybridized carbons (Fsp3) is 1.00. The van der Waals surface area contributed by atoms with Crippen molar-refractivity contribution in [2.45, 2.75) is 45.1 Å². The third-order valence-corrected chi connectivity index (χ3v) is 3.88. The first-order chi connectivity index (χ1) is 6.78. The third kappa shape index (κ3) is 2.48. The van der Waals surface area contributed by atoms with E-state index < -0.39 is 0 Å². The van der Waals surface area contributed by atoms with Crippen LogP contribution >= 0.6 is 0 Å². The van der Waals surface area contributed by atoms with Gasteiger partial charge in [-0.05, 0) is 31.1 Å². The molecule has 1 saturated heterocycles. The average Bonchev–Trinajstić information content (AvgIpc) is 2.10. The Labute approximate surface area is 87.3 Å². The molecule has 82 valence electrons. The normalized spacial score (nSPS) is 35.6. The predicted octanol–water partition coefficient (Wildman–Crippen LogP) is 1.88. The van der Waals surface area contributed by atoms with E-state index in [1.165, 1.54) is 38.9 Å². The van der Waals surface area contributed by atoms with Crippen LogP contribution in [0.5, 0.6) is 0 Å². The molecule has 0 bridgehead atoms. The van der Waals surface area contributed by atoms with Crippen molar-refractivity contribution in [3.05, 3.63) is 0 Å². The zero-order valence-corrected chi connectivity index (χ0v) is 9.28. The van der Waals surface area contributed by atoms with Crippen molar-refractivity contribution in [3.63, 3.8) is 0 Å². The quantitative estimate of drug-likeness (QED) is 0.746. The Morgan fingerprint density at radius 2 is 2.00 bits per heavy atom. The lowest BCUT2D eigenvalue weighted by Crippen LogP contribution is -2.48. The number of rotatable bonds is 3. The molecule has 2 atom stereocenters. The number of hydrogen-bond donors (Lipinski definition) is 1. The molecule has 1 heterocycles. The third-order valence-electron chi connectivity index (χ3n) is 3.88. The summed E-state index contributed by atoms with van der Waals surface area (Å²) in [5, 5.41) is 9.56. The topological polar surface area (TPSA) is 23.5 Å². The van der Waals surface area contributed by atoms with E-state index in [4.69, 9.17) is 0 Å². The number of aliphatic hydroxyl groups is 1. The van der Waals surface area contributed by atoms with Crippen LogP contribution < -0.4 is 0 Å². The molecule has 0 aromatic carbocycles. The maximum atomic E-state index is 9.56. The molecule has 2 rings (SSSR count). The standard InChI is InChI=1S/C12H23NO/c1-2-10-7-13(8-10)9-11-4-3-5-12(14)6-11/h10-12,14H,2-9H2,1H3. The number of nitrogens with zero attached hydrogens (tertiary/aromatic N) is 1. The molecule has 2 nitrogen and oxygen atoms in total. The Morgan fingerprint density at radius 1 is 1.21 bits per heavy atom. The molecule has 2 fully saturated rings. The summed E-state index contributed by atoms with van der Waals surface area (Å²) in [7, 11) is 0. The molecule has 0 aromatic rings. The summed E-state index contributed by atoms with van der Waals surface area (Å²) in [6.45, 7) is 6.14. The molecule has 14 heavy (non-hydrogen) atoms. The minimum Gasteiger partial charge on any atom is -0.393 e. The highest BCUT2D eigenvalue weighted by Gasteiger charge is 2.29. The van der Waals surface area contributed by atoms with Gasteiger partial charge in [-0.2, -0.15) is 0 Å². The molecule has 1 saturated carbocycles. The smallest absolute Gasteiger partial charge is 0.0543 e. The number of likely N-dealkylation sites (tertiary alicyclic amines) is 1. The highest BCUT2D eigenvalue weighted by atomic mass is 16.3. The molecule has 1 N–H and O–H groups in total. The monoisotopic (exact) mass is 197 g/mol. The van der Waals surface area contributed by atoms with Crippen LogP contribution in [0.15, 0.2) is 0 Å². The summed E-state index contributed by atoms with van der Waals surface area (Å²) < 4.78 is 0. The first-order valence-corrected chi connectivity index (χ1v) is 6.18. The molecule has 0 aromatic heterocycles. The summed E-state index contributed by atoms with van der Waals surface area (Å²) in [6, 6.07) is 0. The van der Waals surface area contributed by atoms with E-state index in [1.54, 1.807) is 0 Å². The van der Waals surface area contributed by atoms with Crippen molar-refractivity contribution in [2.24, 2.45) is 11.8 Å². The van der Waals surface area contributed by atoms with E-state index in [9.17, 15) is 5.11 Å². The van der Waals surface area contributed by atoms with E-state index in [-0.39, 0.29) is 6.10 Å². The molecule has 1 aliphatic carbocycles. The SMILES string of the molecule is CCC1CN(CC2CCCC(O)C2)C1. The van der Waals surface area contributed by atoms with Gasteiger partial charge in [0.15, 0.2) is 0 Å². The molecule has 0 spiro atoms. The Morgan fingerprint density at radius 3 is 2.64 bits per heavy atom. The van der Waals surface area contributed by atoms with Crippen LogP contribution in [-0.4, -0.2) is 35.7 Å². The Hall–Kier alpha value is -0.0800. The maximum Gasteiger partial charge on any atom is 0.0543 e. The predicted molar refractivity (Wildman–Crippen MR) is 58.2 cm³/mol. The summed E-state index contributed by atoms with van der Waals surface area (Å²) >= 11 is 0. The molecule has 1 aliphatic heterocycles. The fourth-order valence-corrected chi connectivity index (χ4v) is 2.88. The second-order valence-electron chi connectivity index (χ2n) is 5.18. The molecule has 2 heteroatoms. The Balaban J connectivity index is 1.66. The molecule has 0 amide bonds. The van der Waals surface area contributed by atoms with Crippen molar-refractivity contribution >= 4 is 0 Å². The lowest BCUT2D eigenvalue weighted by molar-refractivity contribution is 0.0421. The summed E-state index contributed by atoms with van der Waals surface area (Å²) in [4.78, 5) is 2.57. The van der Waals surface area contributed by atoms with E-state index in [2.05, 4.69) is 11.8 Å². The second-order valence-corrected chi connectivity index (χ2v) is 5.18. The van der Waals surface area contributed by atoms with Crippen molar-refractivity contribution < 1.29 is 5.11 Å². The molecule has 2 aliphatic rings. The molecule has 0 radical (unpaired) electrons. The summed E-state index contributed by atoms with van der Waals surface area (Å²) in [6.07, 6.45) is 5.99. The molecular weight excluding hydrogens is 174 g/mol. The minimum atomic E-state index is -0.00278. The van der Waals surface area contributed by atoms with Crippen molar-refractivity contribution in [1.29, 1.82) is 0 Å². The van der Waals surface area contributed by atoms with Crippen LogP contribution in [0.25, 0.3) is 0 Å². The van der Waals surface area contributed by atoms with Gasteiger partial charge in [0.25, 0.3) is 0 Å². The van der Waals surface area contributed by atoms with Crippen molar-refractivity contribution in [1.82, 2.24) is 4.90 Å². The van der Waals surface area contributed by atoms with Gasteiger partial charge in [-0.3, -0.25) is 0 Å². The first kappa shape index (κ1) is 10.4. The van der Waals surface area contributed by atoms with Crippen LogP contribution in [0.1, 0.15) is 39.0 Å². The maximum absolute atomic E-state index is 9.56. The van der Waals surface area contributed by atoms with Gasteiger partial charge >= 0.3 is 0 Å². The zero-order valence-electron chi connectivity index (χ0n) is 9.28. The number of hydrogen-bond acceptors (Lipinski definition) is 2. The van der Waals surface area contributed by atoms with Crippen LogP contribution in [-0.2, 0) is 0 Å². The van der Waals surface area contributed by atoms with E-state index in [0.717, 1.165) is 24.7 Å². The number of aliphatic hydroxyl groups excluding tert-OH is 1. The minimum absolute atomic E-state index is 0.00278. The van der Waals surface area contributed by atoms with Gasteiger partial charge in [0.2, 0.25) is 0 Å². The van der Waals surface area contributed by atoms with E-state index in [0.29, 0.717) is 0 Å². The first-order valence-electron chi connectivity index (χ1n) is 6.18. The zero-order chi connectivity index (χ0) is 9.97. The highest BCUT2D eigenvalue weighted by Crippen LogP contribution is 2.28. The van der Waals surface area contributed by atoms with Gasteiger partial charge in [-0.15, -0.1) is 0 Å². The van der Waals surface area contributed by atoms with E-state index >= 15 is 0 Å². The van der Waals surface area contributed by atoms with Crippen LogP contribution in [0, 0.1) is 11.8 Å². The summed E-state index contributed by atoms with van der Waals surface area (Å²) in [5.41, 5.74) is 0.